The lowest BCUT2D eigenvalue weighted by Gasteiger charge is -2.06. The summed E-state index contributed by atoms with van der Waals surface area (Å²) in [7, 11) is 0. The minimum absolute atomic E-state index is 0.126. The van der Waals surface area contributed by atoms with E-state index in [9.17, 15) is 4.79 Å². The Kier molecular flexibility index (Phi) is 3.67. The third kappa shape index (κ3) is 2.54. The summed E-state index contributed by atoms with van der Waals surface area (Å²) in [5, 5.41) is 1.09. The molecule has 0 amide bonds. The van der Waals surface area contributed by atoms with E-state index in [1.54, 1.807) is 0 Å². The van der Waals surface area contributed by atoms with Gasteiger partial charge in [-0.1, -0.05) is 25.1 Å². The zero-order valence-electron chi connectivity index (χ0n) is 10.7. The van der Waals surface area contributed by atoms with Crippen molar-refractivity contribution in [1.29, 1.82) is 0 Å². The quantitative estimate of drug-likeness (QED) is 0.896. The molecular formula is C14H18N2O2. The number of benzene rings is 1. The first-order chi connectivity index (χ1) is 8.61. The van der Waals surface area contributed by atoms with Gasteiger partial charge in [-0.2, -0.15) is 4.73 Å². The molecule has 0 bridgehead atoms. The predicted molar refractivity (Wildman–Crippen MR) is 71.2 cm³/mol. The first-order valence-corrected chi connectivity index (χ1v) is 6.15. The number of nitrogens with zero attached hydrogens (tertiary/aromatic N) is 1. The lowest BCUT2D eigenvalue weighted by Crippen LogP contribution is -2.21. The summed E-state index contributed by atoms with van der Waals surface area (Å²) in [4.78, 5) is 16.2. The van der Waals surface area contributed by atoms with Crippen molar-refractivity contribution in [2.45, 2.75) is 32.7 Å². The van der Waals surface area contributed by atoms with Crippen molar-refractivity contribution in [2.75, 3.05) is 0 Å². The molecule has 0 radical (unpaired) electrons. The van der Waals surface area contributed by atoms with Crippen LogP contribution in [-0.4, -0.2) is 16.7 Å². The summed E-state index contributed by atoms with van der Waals surface area (Å²) in [6, 6.07) is 7.97. The van der Waals surface area contributed by atoms with Gasteiger partial charge in [0, 0.05) is 24.5 Å². The van der Waals surface area contributed by atoms with E-state index in [4.69, 9.17) is 10.6 Å². The number of hydrogen-bond donors (Lipinski definition) is 1. The third-order valence-corrected chi connectivity index (χ3v) is 2.99. The summed E-state index contributed by atoms with van der Waals surface area (Å²) in [6.45, 7) is 3.46. The third-order valence-electron chi connectivity index (χ3n) is 2.99. The lowest BCUT2D eigenvalue weighted by atomic mass is 10.0. The molecule has 0 aliphatic carbocycles. The van der Waals surface area contributed by atoms with Crippen molar-refractivity contribution in [3.8, 4) is 0 Å². The summed E-state index contributed by atoms with van der Waals surface area (Å²) in [5.41, 5.74) is 8.00. The Morgan fingerprint density at radius 3 is 2.83 bits per heavy atom. The van der Waals surface area contributed by atoms with Crippen molar-refractivity contribution < 1.29 is 9.63 Å². The normalized spacial score (nSPS) is 12.6. The van der Waals surface area contributed by atoms with E-state index in [-0.39, 0.29) is 12.0 Å². The van der Waals surface area contributed by atoms with E-state index in [0.29, 0.717) is 0 Å². The monoisotopic (exact) mass is 246 g/mol. The molecule has 96 valence electrons. The molecule has 2 N–H and O–H groups in total. The zero-order chi connectivity index (χ0) is 13.1. The summed E-state index contributed by atoms with van der Waals surface area (Å²) >= 11 is 0. The van der Waals surface area contributed by atoms with Gasteiger partial charge in [0.2, 0.25) is 0 Å². The molecule has 1 unspecified atom stereocenters. The van der Waals surface area contributed by atoms with Gasteiger partial charge in [0.05, 0.1) is 5.52 Å². The predicted octanol–water partition coefficient (Wildman–Crippen LogP) is 1.90. The Bertz CT molecular complexity index is 560. The molecule has 2 rings (SSSR count). The van der Waals surface area contributed by atoms with Crippen LogP contribution in [0.2, 0.25) is 0 Å². The Hall–Kier alpha value is -1.81. The van der Waals surface area contributed by atoms with E-state index in [1.807, 2.05) is 30.5 Å². The van der Waals surface area contributed by atoms with E-state index in [0.717, 1.165) is 29.3 Å². The summed E-state index contributed by atoms with van der Waals surface area (Å²) < 4.78 is 1.52. The molecule has 0 fully saturated rings. The average Bonchev–Trinajstić information content (AvgIpc) is 2.67. The molecular weight excluding hydrogens is 228 g/mol. The highest BCUT2D eigenvalue weighted by Crippen LogP contribution is 2.21. The van der Waals surface area contributed by atoms with Gasteiger partial charge in [0.1, 0.15) is 0 Å². The van der Waals surface area contributed by atoms with Gasteiger partial charge in [-0.05, 0) is 24.5 Å². The number of aromatic nitrogens is 1. The fourth-order valence-corrected chi connectivity index (χ4v) is 2.02. The van der Waals surface area contributed by atoms with Gasteiger partial charge in [-0.3, -0.25) is 0 Å². The van der Waals surface area contributed by atoms with Crippen LogP contribution in [0.25, 0.3) is 10.9 Å². The van der Waals surface area contributed by atoms with E-state index in [2.05, 4.69) is 6.92 Å². The lowest BCUT2D eigenvalue weighted by molar-refractivity contribution is -0.140. The van der Waals surface area contributed by atoms with Gasteiger partial charge >= 0.3 is 5.97 Å². The molecule has 1 heterocycles. The number of carbonyl (C=O) groups excluding carboxylic acids is 1. The minimum atomic E-state index is -0.331. The van der Waals surface area contributed by atoms with Gasteiger partial charge in [-0.25, -0.2) is 4.79 Å². The maximum atomic E-state index is 11.1. The number of nitrogens with two attached hydrogens (primary N) is 1. The van der Waals surface area contributed by atoms with Crippen molar-refractivity contribution in [3.05, 3.63) is 36.0 Å². The molecule has 1 atom stereocenters. The zero-order valence-corrected chi connectivity index (χ0v) is 10.7. The number of carbonyl (C=O) groups is 1. The molecule has 1 aromatic heterocycles. The van der Waals surface area contributed by atoms with Gasteiger partial charge in [0.15, 0.2) is 0 Å². The van der Waals surface area contributed by atoms with E-state index >= 15 is 0 Å². The van der Waals surface area contributed by atoms with Crippen molar-refractivity contribution in [1.82, 2.24) is 4.73 Å². The van der Waals surface area contributed by atoms with Crippen molar-refractivity contribution >= 4 is 16.9 Å². The Morgan fingerprint density at radius 2 is 2.17 bits per heavy atom. The number of para-hydroxylation sites is 1. The van der Waals surface area contributed by atoms with Crippen LogP contribution in [0.3, 0.4) is 0 Å². The smallest absolute Gasteiger partial charge is 0.329 e. The first kappa shape index (κ1) is 12.6. The van der Waals surface area contributed by atoms with Gasteiger partial charge in [0.25, 0.3) is 0 Å². The van der Waals surface area contributed by atoms with Crippen LogP contribution in [0, 0.1) is 0 Å². The number of rotatable bonds is 4. The highest BCUT2D eigenvalue weighted by Gasteiger charge is 2.12. The molecule has 4 nitrogen and oxygen atoms in total. The van der Waals surface area contributed by atoms with Crippen LogP contribution in [0.1, 0.15) is 25.8 Å². The molecule has 0 saturated carbocycles. The largest absolute Gasteiger partial charge is 0.337 e. The van der Waals surface area contributed by atoms with Crippen LogP contribution < -0.4 is 10.6 Å². The maximum absolute atomic E-state index is 11.1. The van der Waals surface area contributed by atoms with Crippen LogP contribution in [0.4, 0.5) is 0 Å². The number of fused-ring (bicyclic) bond motifs is 1. The van der Waals surface area contributed by atoms with Gasteiger partial charge in [-0.15, -0.1) is 0 Å². The van der Waals surface area contributed by atoms with E-state index in [1.165, 1.54) is 11.7 Å². The Balaban J connectivity index is 2.43. The summed E-state index contributed by atoms with van der Waals surface area (Å²) in [6.07, 6.45) is 3.56. The van der Waals surface area contributed by atoms with E-state index < -0.39 is 0 Å². The second-order valence-corrected chi connectivity index (χ2v) is 4.45. The van der Waals surface area contributed by atoms with Crippen LogP contribution in [0.15, 0.2) is 30.5 Å². The van der Waals surface area contributed by atoms with Crippen molar-refractivity contribution in [2.24, 2.45) is 5.73 Å². The molecule has 0 aliphatic heterocycles. The topological polar surface area (TPSA) is 57.2 Å². The highest BCUT2D eigenvalue weighted by atomic mass is 16.7. The SMILES string of the molecule is CCC(N)Cc1cn(OC(C)=O)c2ccccc12. The first-order valence-electron chi connectivity index (χ1n) is 6.15. The minimum Gasteiger partial charge on any atom is -0.337 e. The van der Waals surface area contributed by atoms with Crippen LogP contribution >= 0.6 is 0 Å². The Labute approximate surface area is 106 Å². The maximum Gasteiger partial charge on any atom is 0.329 e. The molecule has 4 heteroatoms. The van der Waals surface area contributed by atoms with Crippen molar-refractivity contribution in [3.63, 3.8) is 0 Å². The molecule has 18 heavy (non-hydrogen) atoms. The average molecular weight is 246 g/mol. The number of hydrogen-bond acceptors (Lipinski definition) is 3. The van der Waals surface area contributed by atoms with Gasteiger partial charge < -0.3 is 10.6 Å². The fourth-order valence-electron chi connectivity index (χ4n) is 2.02. The molecule has 1 aromatic carbocycles. The second kappa shape index (κ2) is 5.23. The van der Waals surface area contributed by atoms with Crippen LogP contribution in [0.5, 0.6) is 0 Å². The molecule has 2 aromatic rings. The summed E-state index contributed by atoms with van der Waals surface area (Å²) in [5.74, 6) is -0.331. The highest BCUT2D eigenvalue weighted by molar-refractivity contribution is 5.84. The molecule has 0 aliphatic rings. The van der Waals surface area contributed by atoms with Crippen LogP contribution in [-0.2, 0) is 11.2 Å². The Morgan fingerprint density at radius 1 is 1.44 bits per heavy atom. The molecule has 0 spiro atoms. The standard InChI is InChI=1S/C14H18N2O2/c1-3-12(15)8-11-9-16(18-10(2)17)14-7-5-4-6-13(11)14/h4-7,9,12H,3,8,15H2,1-2H3. The second-order valence-electron chi connectivity index (χ2n) is 4.45. The fraction of sp³-hybridized carbons (Fsp3) is 0.357. The molecule has 0 saturated heterocycles.